The number of anilines is 2. The Kier molecular flexibility index (Phi) is 4.60. The van der Waals surface area contributed by atoms with Gasteiger partial charge in [0.25, 0.3) is 0 Å². The fourth-order valence-corrected chi connectivity index (χ4v) is 5.18. The molecule has 3 amide bonds. The van der Waals surface area contributed by atoms with E-state index in [4.69, 9.17) is 14.2 Å². The van der Waals surface area contributed by atoms with Crippen molar-refractivity contribution in [2.24, 2.45) is 5.41 Å². The quantitative estimate of drug-likeness (QED) is 0.670. The fraction of sp³-hybridized carbons (Fsp3) is 0.417. The molecule has 3 heterocycles. The number of nitrogens with zero attached hydrogens (tertiary/aromatic N) is 3. The van der Waals surface area contributed by atoms with Crippen molar-refractivity contribution < 1.29 is 23.8 Å². The second-order valence-corrected chi connectivity index (χ2v) is 8.59. The van der Waals surface area contributed by atoms with E-state index < -0.39 is 11.3 Å². The van der Waals surface area contributed by atoms with E-state index in [2.05, 4.69) is 0 Å². The minimum absolute atomic E-state index is 0.0737. The molecule has 8 heteroatoms. The molecule has 0 aromatic heterocycles. The lowest BCUT2D eigenvalue weighted by Gasteiger charge is -2.67. The monoisotopic (exact) mass is 437 g/mol. The number of β-lactam (4-membered cyclic amide) rings is 1. The van der Waals surface area contributed by atoms with Crippen LogP contribution in [0.25, 0.3) is 0 Å². The molecule has 0 N–H and O–H groups in total. The lowest BCUT2D eigenvalue weighted by molar-refractivity contribution is -0.212. The summed E-state index contributed by atoms with van der Waals surface area (Å²) in [5.41, 5.74) is 0.494. The average Bonchev–Trinajstić information content (AvgIpc) is 3.24. The Hall–Kier alpha value is -3.26. The van der Waals surface area contributed by atoms with E-state index in [9.17, 15) is 9.59 Å². The van der Waals surface area contributed by atoms with Gasteiger partial charge in [-0.1, -0.05) is 6.92 Å². The maximum Gasteiger partial charge on any atom is 0.328 e. The van der Waals surface area contributed by atoms with Crippen molar-refractivity contribution in [3.63, 3.8) is 0 Å². The fourth-order valence-electron chi connectivity index (χ4n) is 5.18. The third kappa shape index (κ3) is 2.47. The van der Waals surface area contributed by atoms with Gasteiger partial charge in [0.2, 0.25) is 11.8 Å². The SMILES string of the molecule is CC[C@@H]1COC23N(c4ccc(OC)cc4)C(=O)C2(C)CN(c2ccc(OC)cc2)C(=O)N13. The van der Waals surface area contributed by atoms with Crippen LogP contribution in [-0.2, 0) is 9.53 Å². The molecule has 2 unspecified atom stereocenters. The van der Waals surface area contributed by atoms with Gasteiger partial charge in [-0.15, -0.1) is 0 Å². The highest BCUT2D eigenvalue weighted by Crippen LogP contribution is 2.59. The summed E-state index contributed by atoms with van der Waals surface area (Å²) in [5.74, 6) is 0.193. The Morgan fingerprint density at radius 1 is 0.969 bits per heavy atom. The van der Waals surface area contributed by atoms with Gasteiger partial charge < -0.3 is 14.2 Å². The average molecular weight is 437 g/mol. The van der Waals surface area contributed by atoms with Gasteiger partial charge in [-0.25, -0.2) is 4.79 Å². The molecule has 3 atom stereocenters. The van der Waals surface area contributed by atoms with E-state index in [0.29, 0.717) is 23.8 Å². The zero-order valence-corrected chi connectivity index (χ0v) is 18.7. The number of hydrogen-bond donors (Lipinski definition) is 0. The molecular weight excluding hydrogens is 410 g/mol. The first kappa shape index (κ1) is 20.6. The summed E-state index contributed by atoms with van der Waals surface area (Å²) >= 11 is 0. The Balaban J connectivity index is 1.58. The largest absolute Gasteiger partial charge is 0.497 e. The molecule has 168 valence electrons. The summed E-state index contributed by atoms with van der Waals surface area (Å²) in [4.78, 5) is 32.5. The van der Waals surface area contributed by atoms with Crippen molar-refractivity contribution in [1.82, 2.24) is 4.90 Å². The van der Waals surface area contributed by atoms with Crippen LogP contribution in [0.4, 0.5) is 16.2 Å². The Bertz CT molecular complexity index is 1060. The zero-order valence-electron chi connectivity index (χ0n) is 18.7. The number of carbonyl (C=O) groups is 2. The molecule has 3 fully saturated rings. The molecular formula is C24H27N3O5. The van der Waals surface area contributed by atoms with Gasteiger partial charge in [0, 0.05) is 17.9 Å². The number of carbonyl (C=O) groups excluding carboxylic acids is 2. The van der Waals surface area contributed by atoms with Gasteiger partial charge >= 0.3 is 6.03 Å². The first-order chi connectivity index (χ1) is 15.4. The smallest absolute Gasteiger partial charge is 0.328 e. The van der Waals surface area contributed by atoms with E-state index in [0.717, 1.165) is 12.1 Å². The number of urea groups is 1. The van der Waals surface area contributed by atoms with E-state index >= 15 is 0 Å². The van der Waals surface area contributed by atoms with Crippen molar-refractivity contribution in [3.05, 3.63) is 48.5 Å². The molecule has 0 bridgehead atoms. The van der Waals surface area contributed by atoms with Gasteiger partial charge in [0.1, 0.15) is 16.9 Å². The molecule has 3 aliphatic rings. The van der Waals surface area contributed by atoms with Crippen molar-refractivity contribution >= 4 is 23.3 Å². The number of hydrogen-bond acceptors (Lipinski definition) is 5. The van der Waals surface area contributed by atoms with Crippen LogP contribution >= 0.6 is 0 Å². The lowest BCUT2D eigenvalue weighted by Crippen LogP contribution is -2.89. The Morgan fingerprint density at radius 2 is 1.53 bits per heavy atom. The van der Waals surface area contributed by atoms with Gasteiger partial charge in [-0.05, 0) is 61.9 Å². The zero-order chi connectivity index (χ0) is 22.7. The predicted octanol–water partition coefficient (Wildman–Crippen LogP) is 3.46. The summed E-state index contributed by atoms with van der Waals surface area (Å²) in [6, 6.07) is 14.3. The number of ether oxygens (including phenoxy) is 3. The van der Waals surface area contributed by atoms with Crippen LogP contribution < -0.4 is 19.3 Å². The molecule has 2 aromatic rings. The summed E-state index contributed by atoms with van der Waals surface area (Å²) < 4.78 is 16.9. The Labute approximate surface area is 187 Å². The second-order valence-electron chi connectivity index (χ2n) is 8.59. The topological polar surface area (TPSA) is 71.5 Å². The second kappa shape index (κ2) is 7.13. The van der Waals surface area contributed by atoms with Crippen LogP contribution in [0.5, 0.6) is 11.5 Å². The van der Waals surface area contributed by atoms with E-state index in [1.54, 1.807) is 41.1 Å². The lowest BCUT2D eigenvalue weighted by atomic mass is 9.70. The van der Waals surface area contributed by atoms with E-state index in [1.807, 2.05) is 50.2 Å². The normalized spacial score (nSPS) is 28.9. The molecule has 5 rings (SSSR count). The first-order valence-corrected chi connectivity index (χ1v) is 10.8. The van der Waals surface area contributed by atoms with Gasteiger partial charge in [0.05, 0.1) is 26.9 Å². The summed E-state index contributed by atoms with van der Waals surface area (Å²) in [7, 11) is 3.20. The molecule has 32 heavy (non-hydrogen) atoms. The highest BCUT2D eigenvalue weighted by molar-refractivity contribution is 6.11. The van der Waals surface area contributed by atoms with E-state index in [-0.39, 0.29) is 24.5 Å². The summed E-state index contributed by atoms with van der Waals surface area (Å²) in [6.45, 7) is 4.54. The van der Waals surface area contributed by atoms with Crippen molar-refractivity contribution in [3.8, 4) is 11.5 Å². The number of amides is 3. The van der Waals surface area contributed by atoms with Crippen molar-refractivity contribution in [1.29, 1.82) is 0 Å². The molecule has 3 aliphatic heterocycles. The number of benzene rings is 2. The summed E-state index contributed by atoms with van der Waals surface area (Å²) in [5, 5.41) is 0. The minimum atomic E-state index is -1.14. The van der Waals surface area contributed by atoms with Crippen molar-refractivity contribution in [2.45, 2.75) is 32.2 Å². The van der Waals surface area contributed by atoms with Crippen LogP contribution in [0.15, 0.2) is 48.5 Å². The third-order valence-corrected chi connectivity index (χ3v) is 6.96. The highest BCUT2D eigenvalue weighted by atomic mass is 16.6. The van der Waals surface area contributed by atoms with Crippen LogP contribution in [0.3, 0.4) is 0 Å². The van der Waals surface area contributed by atoms with Crippen LogP contribution in [-0.4, -0.2) is 56.1 Å². The van der Waals surface area contributed by atoms with Crippen LogP contribution in [0.2, 0.25) is 0 Å². The highest BCUT2D eigenvalue weighted by Gasteiger charge is 2.80. The molecule has 8 nitrogen and oxygen atoms in total. The van der Waals surface area contributed by atoms with Crippen LogP contribution in [0, 0.1) is 5.41 Å². The standard InChI is InChI=1S/C24H27N3O5/c1-5-16-14-32-24-23(2,21(28)26(24)18-8-12-20(31-4)13-9-18)15-25(22(29)27(16)24)17-6-10-19(30-3)11-7-17/h6-13,16H,5,14-15H2,1-4H3/t16-,23?,24?/m1/s1. The molecule has 1 spiro atoms. The Morgan fingerprint density at radius 3 is 2.06 bits per heavy atom. The third-order valence-electron chi connectivity index (χ3n) is 6.96. The molecule has 2 aromatic carbocycles. The van der Waals surface area contributed by atoms with Crippen LogP contribution in [0.1, 0.15) is 20.3 Å². The van der Waals surface area contributed by atoms with Gasteiger partial charge in [-0.3, -0.25) is 19.5 Å². The molecule has 0 aliphatic carbocycles. The minimum Gasteiger partial charge on any atom is -0.497 e. The molecule has 0 saturated carbocycles. The van der Waals surface area contributed by atoms with Gasteiger partial charge in [-0.2, -0.15) is 0 Å². The number of rotatable bonds is 5. The summed E-state index contributed by atoms with van der Waals surface area (Å²) in [6.07, 6.45) is 0.727. The first-order valence-electron chi connectivity index (χ1n) is 10.8. The maximum absolute atomic E-state index is 13.8. The molecule has 3 saturated heterocycles. The molecule has 0 radical (unpaired) electrons. The maximum atomic E-state index is 13.8. The number of methoxy groups -OCH3 is 2. The van der Waals surface area contributed by atoms with E-state index in [1.165, 1.54) is 0 Å². The van der Waals surface area contributed by atoms with Gasteiger partial charge in [0.15, 0.2) is 0 Å². The predicted molar refractivity (Wildman–Crippen MR) is 119 cm³/mol. The van der Waals surface area contributed by atoms with Crippen molar-refractivity contribution in [2.75, 3.05) is 37.2 Å².